The number of benzene rings is 1. The lowest BCUT2D eigenvalue weighted by Gasteiger charge is -2.16. The van der Waals surface area contributed by atoms with Crippen LogP contribution < -0.4 is 4.74 Å². The molecular formula is C19H34N2O3Si2. The first-order chi connectivity index (χ1) is 12.2. The molecule has 0 aliphatic heterocycles. The third kappa shape index (κ3) is 7.22. The molecule has 1 aromatic heterocycles. The summed E-state index contributed by atoms with van der Waals surface area (Å²) >= 11 is 0. The zero-order valence-corrected chi connectivity index (χ0v) is 19.2. The molecular weight excluding hydrogens is 360 g/mol. The predicted molar refractivity (Wildman–Crippen MR) is 113 cm³/mol. The second-order valence-corrected chi connectivity index (χ2v) is 20.4. The Bertz CT molecular complexity index is 690. The van der Waals surface area contributed by atoms with Crippen molar-refractivity contribution in [1.82, 2.24) is 9.55 Å². The van der Waals surface area contributed by atoms with Gasteiger partial charge in [0.05, 0.1) is 11.8 Å². The van der Waals surface area contributed by atoms with Gasteiger partial charge in [-0.25, -0.2) is 4.98 Å². The first kappa shape index (κ1) is 21.1. The van der Waals surface area contributed by atoms with Crippen LogP contribution in [0.15, 0.2) is 24.5 Å². The Hall–Kier alpha value is -1.16. The number of ether oxygens (including phenoxy) is 3. The normalized spacial score (nSPS) is 12.7. The van der Waals surface area contributed by atoms with Gasteiger partial charge in [-0.1, -0.05) is 45.3 Å². The molecule has 0 bridgehead atoms. The summed E-state index contributed by atoms with van der Waals surface area (Å²) in [6.07, 6.45) is 1.82. The minimum atomic E-state index is -1.06. The van der Waals surface area contributed by atoms with E-state index in [9.17, 15) is 0 Å². The minimum absolute atomic E-state index is 0.267. The van der Waals surface area contributed by atoms with Crippen LogP contribution in [0.2, 0.25) is 51.4 Å². The van der Waals surface area contributed by atoms with Crippen LogP contribution in [-0.4, -0.2) is 45.7 Å². The van der Waals surface area contributed by atoms with E-state index in [0.717, 1.165) is 36.0 Å². The van der Waals surface area contributed by atoms with Crippen LogP contribution in [0.5, 0.6) is 5.75 Å². The van der Waals surface area contributed by atoms with Gasteiger partial charge in [0.1, 0.15) is 18.0 Å². The quantitative estimate of drug-likeness (QED) is 0.304. The SMILES string of the molecule is C[Si](C)(C)CCOCOc1cccc2c1ncn2COCC[Si](C)(C)C. The van der Waals surface area contributed by atoms with Crippen molar-refractivity contribution in [2.24, 2.45) is 0 Å². The lowest BCUT2D eigenvalue weighted by molar-refractivity contribution is 0.0229. The number of hydrogen-bond donors (Lipinski definition) is 0. The Morgan fingerprint density at radius 2 is 1.58 bits per heavy atom. The van der Waals surface area contributed by atoms with Gasteiger partial charge in [-0.05, 0) is 24.2 Å². The molecule has 2 rings (SSSR count). The van der Waals surface area contributed by atoms with E-state index in [-0.39, 0.29) is 6.79 Å². The van der Waals surface area contributed by atoms with Crippen LogP contribution in [0, 0.1) is 0 Å². The molecule has 5 nitrogen and oxygen atoms in total. The fourth-order valence-corrected chi connectivity index (χ4v) is 3.88. The van der Waals surface area contributed by atoms with Crippen LogP contribution >= 0.6 is 0 Å². The number of hydrogen-bond acceptors (Lipinski definition) is 4. The van der Waals surface area contributed by atoms with Crippen molar-refractivity contribution in [2.45, 2.75) is 58.1 Å². The van der Waals surface area contributed by atoms with E-state index >= 15 is 0 Å². The predicted octanol–water partition coefficient (Wildman–Crippen LogP) is 5.04. The zero-order chi connectivity index (χ0) is 19.2. The Kier molecular flexibility index (Phi) is 7.46. The number of nitrogens with zero attached hydrogens (tertiary/aromatic N) is 2. The summed E-state index contributed by atoms with van der Waals surface area (Å²) in [5, 5.41) is 0. The van der Waals surface area contributed by atoms with Crippen molar-refractivity contribution in [2.75, 3.05) is 20.0 Å². The molecule has 0 N–H and O–H groups in total. The van der Waals surface area contributed by atoms with Crippen LogP contribution in [-0.2, 0) is 16.2 Å². The van der Waals surface area contributed by atoms with Crippen molar-refractivity contribution in [3.8, 4) is 5.75 Å². The molecule has 0 unspecified atom stereocenters. The second-order valence-electron chi connectivity index (χ2n) is 9.17. The average Bonchev–Trinajstić information content (AvgIpc) is 2.93. The van der Waals surface area contributed by atoms with Gasteiger partial charge in [0.2, 0.25) is 0 Å². The first-order valence-corrected chi connectivity index (χ1v) is 16.8. The Balaban J connectivity index is 1.87. The summed E-state index contributed by atoms with van der Waals surface area (Å²) in [6, 6.07) is 8.28. The Morgan fingerprint density at radius 1 is 0.923 bits per heavy atom. The van der Waals surface area contributed by atoms with Gasteiger partial charge in [-0.3, -0.25) is 0 Å². The van der Waals surface area contributed by atoms with Gasteiger partial charge in [0.25, 0.3) is 0 Å². The lowest BCUT2D eigenvalue weighted by Crippen LogP contribution is -2.22. The number of rotatable bonds is 11. The van der Waals surface area contributed by atoms with Crippen molar-refractivity contribution in [3.05, 3.63) is 24.5 Å². The molecule has 0 radical (unpaired) electrons. The third-order valence-corrected chi connectivity index (χ3v) is 7.54. The maximum absolute atomic E-state index is 5.84. The molecule has 0 saturated carbocycles. The smallest absolute Gasteiger partial charge is 0.189 e. The molecule has 0 saturated heterocycles. The van der Waals surface area contributed by atoms with Crippen molar-refractivity contribution < 1.29 is 14.2 Å². The average molecular weight is 395 g/mol. The molecule has 1 aromatic carbocycles. The summed E-state index contributed by atoms with van der Waals surface area (Å²) in [4.78, 5) is 4.50. The molecule has 0 aliphatic rings. The molecule has 0 atom stereocenters. The first-order valence-electron chi connectivity index (χ1n) is 9.38. The molecule has 0 fully saturated rings. The fourth-order valence-electron chi connectivity index (χ4n) is 2.36. The molecule has 0 spiro atoms. The van der Waals surface area contributed by atoms with Crippen LogP contribution in [0.25, 0.3) is 11.0 Å². The summed E-state index contributed by atoms with van der Waals surface area (Å²) in [6.45, 7) is 16.5. The number of fused-ring (bicyclic) bond motifs is 1. The summed E-state index contributed by atoms with van der Waals surface area (Å²) in [7, 11) is -2.12. The van der Waals surface area contributed by atoms with Crippen molar-refractivity contribution in [3.63, 3.8) is 0 Å². The standard InChI is InChI=1S/C19H34N2O3Si2/c1-25(2,3)12-10-22-15-21-14-20-19-17(21)8-7-9-18(19)24-16-23-11-13-26(4,5)6/h7-9,14H,10-13,15-16H2,1-6H3. The van der Waals surface area contributed by atoms with Gasteiger partial charge >= 0.3 is 0 Å². The maximum Gasteiger partial charge on any atom is 0.189 e. The van der Waals surface area contributed by atoms with Crippen molar-refractivity contribution >= 4 is 27.2 Å². The van der Waals surface area contributed by atoms with Gasteiger partial charge in [-0.15, -0.1) is 0 Å². The lowest BCUT2D eigenvalue weighted by atomic mass is 10.3. The van der Waals surface area contributed by atoms with Crippen LogP contribution in [0.1, 0.15) is 0 Å². The molecule has 26 heavy (non-hydrogen) atoms. The van der Waals surface area contributed by atoms with E-state index in [0.29, 0.717) is 6.73 Å². The molecule has 7 heteroatoms. The van der Waals surface area contributed by atoms with Gasteiger partial charge in [0.15, 0.2) is 6.79 Å². The largest absolute Gasteiger partial charge is 0.465 e. The van der Waals surface area contributed by atoms with Crippen molar-refractivity contribution in [1.29, 1.82) is 0 Å². The molecule has 0 amide bonds. The molecule has 0 aliphatic carbocycles. The van der Waals surface area contributed by atoms with E-state index in [2.05, 4.69) is 44.3 Å². The molecule has 2 aromatic rings. The number of imidazole rings is 1. The maximum atomic E-state index is 5.84. The minimum Gasteiger partial charge on any atom is -0.465 e. The van der Waals surface area contributed by atoms with E-state index < -0.39 is 16.1 Å². The Labute approximate surface area is 159 Å². The monoisotopic (exact) mass is 394 g/mol. The van der Waals surface area contributed by atoms with Gasteiger partial charge < -0.3 is 18.8 Å². The van der Waals surface area contributed by atoms with Crippen LogP contribution in [0.4, 0.5) is 0 Å². The van der Waals surface area contributed by atoms with Crippen LogP contribution in [0.3, 0.4) is 0 Å². The third-order valence-electron chi connectivity index (χ3n) is 4.13. The highest BCUT2D eigenvalue weighted by molar-refractivity contribution is 6.76. The summed E-state index contributed by atoms with van der Waals surface area (Å²) in [5.74, 6) is 0.761. The summed E-state index contributed by atoms with van der Waals surface area (Å²) < 4.78 is 19.3. The van der Waals surface area contributed by atoms with E-state index in [1.54, 1.807) is 0 Å². The molecule has 1 heterocycles. The number of aromatic nitrogens is 2. The highest BCUT2D eigenvalue weighted by atomic mass is 28.3. The van der Waals surface area contributed by atoms with E-state index in [1.807, 2.05) is 29.1 Å². The van der Waals surface area contributed by atoms with Gasteiger partial charge in [-0.2, -0.15) is 0 Å². The van der Waals surface area contributed by atoms with E-state index in [1.165, 1.54) is 6.04 Å². The van der Waals surface area contributed by atoms with E-state index in [4.69, 9.17) is 14.2 Å². The zero-order valence-electron chi connectivity index (χ0n) is 17.2. The highest BCUT2D eigenvalue weighted by Crippen LogP contribution is 2.24. The van der Waals surface area contributed by atoms with Gasteiger partial charge in [0, 0.05) is 29.4 Å². The summed E-state index contributed by atoms with van der Waals surface area (Å²) in [5.41, 5.74) is 1.88. The number of para-hydroxylation sites is 1. The Morgan fingerprint density at radius 3 is 2.23 bits per heavy atom. The second kappa shape index (κ2) is 9.17. The highest BCUT2D eigenvalue weighted by Gasteiger charge is 2.14. The topological polar surface area (TPSA) is 45.5 Å². The fraction of sp³-hybridized carbons (Fsp3) is 0.632. The molecule has 146 valence electrons.